The maximum Gasteiger partial charge on any atom is 0.243 e. The third kappa shape index (κ3) is 18.3. The number of rotatable bonds is 19. The number of primary amides is 1. The fourth-order valence-corrected chi connectivity index (χ4v) is 8.94. The van der Waals surface area contributed by atoms with Crippen LogP contribution in [0.15, 0.2) is 78.3 Å². The van der Waals surface area contributed by atoms with E-state index in [0.717, 1.165) is 16.5 Å². The number of aromatic amines is 2. The number of aliphatic imine (C=N–C) groups is 1. The second-order valence-corrected chi connectivity index (χ2v) is 18.8. The van der Waals surface area contributed by atoms with E-state index in [9.17, 15) is 43.2 Å². The van der Waals surface area contributed by atoms with Gasteiger partial charge >= 0.3 is 0 Å². The van der Waals surface area contributed by atoms with Gasteiger partial charge in [-0.2, -0.15) is 0 Å². The molecule has 398 valence electrons. The van der Waals surface area contributed by atoms with Crippen LogP contribution < -0.4 is 49.1 Å². The fraction of sp³-hybridized carbons (Fsp3) is 0.481. The summed E-state index contributed by atoms with van der Waals surface area (Å²) in [6, 6.07) is 10.2. The number of nitrogens with zero attached hydrogens (tertiary/aromatic N) is 2. The topological polar surface area (TPSA) is 361 Å². The van der Waals surface area contributed by atoms with E-state index in [1.165, 1.54) is 19.4 Å². The molecule has 0 radical (unpaired) electrons. The Labute approximate surface area is 429 Å². The van der Waals surface area contributed by atoms with Crippen molar-refractivity contribution in [1.82, 2.24) is 46.9 Å². The molecule has 0 bridgehead atoms. The molecule has 0 unspecified atom stereocenters. The van der Waals surface area contributed by atoms with Crippen molar-refractivity contribution in [3.63, 3.8) is 0 Å². The van der Waals surface area contributed by atoms with Crippen LogP contribution in [-0.4, -0.2) is 117 Å². The number of para-hydroxylation sites is 1. The molecule has 0 saturated carbocycles. The molecule has 4 aromatic rings. The second kappa shape index (κ2) is 29.0. The number of imidazole rings is 1. The molecule has 0 aliphatic carbocycles. The molecule has 0 spiro atoms. The average Bonchev–Trinajstić information content (AvgIpc) is 4.04. The summed E-state index contributed by atoms with van der Waals surface area (Å²) >= 11 is 0. The zero-order chi connectivity index (χ0) is 53.6. The standard InChI is InChI=1S/C52H71N13O9/c1-3-4-17-39(61-31(2)66)49(72)62-40-19-20-46(69)57-21-11-15-34(48(71)64-42(47(53)70)24-35-28-59-38-18-9-8-16-37(35)38)26-44(67)33(14-10-22-58-52(54)55)25-45(68)41(23-32-12-6-5-7-13-32)63-51(74)43(65-50(40)73)27-36-29-56-30-60-36/h5-9,12-13,16,18,28-30,33-34,39-43,59H,3-4,10-11,14-15,17,19-27H2,1-2H3,(H2,53,70)(H,56,60)(H,57,69)(H,61,66)(H,62,72)(H,63,74)(H,64,71)(H,65,73)(H4,54,55,58)/t33-,34-,39+,40+,41-,42+,43+/m1/s1. The molecule has 7 atom stereocenters. The van der Waals surface area contributed by atoms with E-state index in [4.69, 9.17) is 17.2 Å². The molecule has 22 nitrogen and oxygen atoms in total. The van der Waals surface area contributed by atoms with Crippen molar-refractivity contribution in [2.75, 3.05) is 13.1 Å². The van der Waals surface area contributed by atoms with Gasteiger partial charge in [0, 0.05) is 92.9 Å². The van der Waals surface area contributed by atoms with Gasteiger partial charge in [-0.15, -0.1) is 0 Å². The summed E-state index contributed by atoms with van der Waals surface area (Å²) in [5, 5.41) is 17.3. The predicted octanol–water partition coefficient (Wildman–Crippen LogP) is 0.933. The van der Waals surface area contributed by atoms with E-state index in [1.807, 2.05) is 31.2 Å². The van der Waals surface area contributed by atoms with Gasteiger partial charge in [0.1, 0.15) is 30.0 Å². The van der Waals surface area contributed by atoms with E-state index in [0.29, 0.717) is 24.1 Å². The third-order valence-corrected chi connectivity index (χ3v) is 13.0. The number of guanidine groups is 1. The number of benzene rings is 2. The number of carbonyl (C=O) groups is 9. The predicted molar refractivity (Wildman–Crippen MR) is 276 cm³/mol. The number of nitrogens with one attached hydrogen (secondary N) is 8. The van der Waals surface area contributed by atoms with Crippen molar-refractivity contribution in [2.45, 2.75) is 134 Å². The minimum absolute atomic E-state index is 0.00287. The number of H-pyrrole nitrogens is 2. The first-order chi connectivity index (χ1) is 35.5. The van der Waals surface area contributed by atoms with Crippen molar-refractivity contribution in [3.05, 3.63) is 90.1 Å². The van der Waals surface area contributed by atoms with Crippen LogP contribution in [-0.2, 0) is 62.4 Å². The van der Waals surface area contributed by atoms with Gasteiger partial charge < -0.3 is 59.1 Å². The van der Waals surface area contributed by atoms with Gasteiger partial charge in [0.25, 0.3) is 0 Å². The summed E-state index contributed by atoms with van der Waals surface area (Å²) in [6.45, 7) is 3.35. The molecule has 2 aromatic heterocycles. The van der Waals surface area contributed by atoms with Gasteiger partial charge in [-0.25, -0.2) is 4.98 Å². The largest absolute Gasteiger partial charge is 0.370 e. The molecule has 1 aliphatic rings. The summed E-state index contributed by atoms with van der Waals surface area (Å²) in [7, 11) is 0. The molecule has 7 amide bonds. The Hall–Kier alpha value is -7.91. The summed E-state index contributed by atoms with van der Waals surface area (Å²) in [5.41, 5.74) is 19.7. The number of hydrogen-bond donors (Lipinski definition) is 11. The lowest BCUT2D eigenvalue weighted by Crippen LogP contribution is -2.58. The molecule has 1 saturated heterocycles. The number of carbonyl (C=O) groups excluding carboxylic acids is 9. The van der Waals surface area contributed by atoms with Gasteiger partial charge in [0.15, 0.2) is 11.7 Å². The van der Waals surface area contributed by atoms with Crippen LogP contribution in [0.2, 0.25) is 0 Å². The van der Waals surface area contributed by atoms with E-state index in [-0.39, 0.29) is 96.1 Å². The molecule has 14 N–H and O–H groups in total. The number of Topliss-reactive ketones (excluding diaryl/α,β-unsaturated/α-hetero) is 2. The lowest BCUT2D eigenvalue weighted by atomic mass is 9.84. The number of fused-ring (bicyclic) bond motifs is 1. The van der Waals surface area contributed by atoms with Crippen LogP contribution in [0.25, 0.3) is 10.9 Å². The molecule has 74 heavy (non-hydrogen) atoms. The summed E-state index contributed by atoms with van der Waals surface area (Å²) in [5.74, 6) is -7.83. The molecule has 1 fully saturated rings. The van der Waals surface area contributed by atoms with Gasteiger partial charge in [-0.05, 0) is 62.1 Å². The first-order valence-electron chi connectivity index (χ1n) is 25.2. The maximum atomic E-state index is 14.7. The highest BCUT2D eigenvalue weighted by atomic mass is 16.2. The van der Waals surface area contributed by atoms with Crippen LogP contribution in [0.1, 0.15) is 101 Å². The Morgan fingerprint density at radius 1 is 0.824 bits per heavy atom. The Kier molecular flexibility index (Phi) is 22.3. The third-order valence-electron chi connectivity index (χ3n) is 13.0. The Bertz CT molecular complexity index is 2580. The zero-order valence-corrected chi connectivity index (χ0v) is 42.1. The minimum Gasteiger partial charge on any atom is -0.370 e. The highest BCUT2D eigenvalue weighted by molar-refractivity contribution is 5.98. The number of ketones is 2. The van der Waals surface area contributed by atoms with Gasteiger partial charge in [0.2, 0.25) is 41.4 Å². The Morgan fingerprint density at radius 3 is 2.27 bits per heavy atom. The van der Waals surface area contributed by atoms with E-state index in [2.05, 4.69) is 51.8 Å². The monoisotopic (exact) mass is 1020 g/mol. The van der Waals surface area contributed by atoms with Crippen LogP contribution in [0.4, 0.5) is 0 Å². The summed E-state index contributed by atoms with van der Waals surface area (Å²) in [4.78, 5) is 139. The number of hydrogen-bond acceptors (Lipinski definition) is 11. The maximum absolute atomic E-state index is 14.7. The van der Waals surface area contributed by atoms with Crippen LogP contribution in [0, 0.1) is 11.8 Å². The normalized spacial score (nSPS) is 20.5. The highest BCUT2D eigenvalue weighted by Gasteiger charge is 2.35. The van der Waals surface area contributed by atoms with Crippen molar-refractivity contribution in [2.24, 2.45) is 34.0 Å². The summed E-state index contributed by atoms with van der Waals surface area (Å²) in [6.07, 6.45) is 5.47. The minimum atomic E-state index is -1.38. The van der Waals surface area contributed by atoms with Crippen molar-refractivity contribution in [1.29, 1.82) is 0 Å². The molecule has 3 heterocycles. The lowest BCUT2D eigenvalue weighted by Gasteiger charge is -2.27. The van der Waals surface area contributed by atoms with Crippen LogP contribution in [0.5, 0.6) is 0 Å². The van der Waals surface area contributed by atoms with Crippen molar-refractivity contribution in [3.8, 4) is 0 Å². The fourth-order valence-electron chi connectivity index (χ4n) is 8.94. The van der Waals surface area contributed by atoms with Gasteiger partial charge in [-0.3, -0.25) is 48.1 Å². The first kappa shape index (κ1) is 57.0. The molecular formula is C52H71N13O9. The molecule has 2 aromatic carbocycles. The number of aromatic nitrogens is 3. The summed E-state index contributed by atoms with van der Waals surface area (Å²) < 4.78 is 0. The van der Waals surface area contributed by atoms with E-state index < -0.39 is 95.0 Å². The zero-order valence-electron chi connectivity index (χ0n) is 42.1. The second-order valence-electron chi connectivity index (χ2n) is 18.8. The number of nitrogens with two attached hydrogens (primary N) is 3. The molecule has 22 heteroatoms. The smallest absolute Gasteiger partial charge is 0.243 e. The Morgan fingerprint density at radius 2 is 1.57 bits per heavy atom. The Balaban J connectivity index is 1.51. The van der Waals surface area contributed by atoms with Crippen LogP contribution in [0.3, 0.4) is 0 Å². The van der Waals surface area contributed by atoms with Crippen molar-refractivity contribution < 1.29 is 43.2 Å². The van der Waals surface area contributed by atoms with E-state index in [1.54, 1.807) is 36.5 Å². The quantitative estimate of drug-likeness (QED) is 0.0355. The van der Waals surface area contributed by atoms with Gasteiger partial charge in [-0.1, -0.05) is 68.3 Å². The highest BCUT2D eigenvalue weighted by Crippen LogP contribution is 2.24. The van der Waals surface area contributed by atoms with E-state index >= 15 is 0 Å². The SMILES string of the molecule is CCCC[C@H](NC(C)=O)C(=O)N[C@H]1CCC(=O)NCCC[C@@H](C(=O)N[C@@H](Cc2c[nH]c3ccccc23)C(N)=O)CC(=O)[C@H](CCCN=C(N)N)CC(=O)[C@@H](Cc2ccccc2)NC(=O)[C@H](Cc2cnc[nH]2)NC1=O. The molecule has 5 rings (SSSR count). The first-order valence-corrected chi connectivity index (χ1v) is 25.2. The average molecular weight is 1020 g/mol. The van der Waals surface area contributed by atoms with Crippen molar-refractivity contribution >= 4 is 69.8 Å². The lowest BCUT2D eigenvalue weighted by molar-refractivity contribution is -0.135. The number of unbranched alkanes of at least 4 members (excludes halogenated alkanes) is 1. The number of amides is 7. The van der Waals surface area contributed by atoms with Crippen LogP contribution >= 0.6 is 0 Å². The molecular weight excluding hydrogens is 951 g/mol. The molecule has 1 aliphatic heterocycles. The van der Waals surface area contributed by atoms with Gasteiger partial charge in [0.05, 0.1) is 12.4 Å².